The van der Waals surface area contributed by atoms with Crippen LogP contribution in [0.5, 0.6) is 5.75 Å². The Kier molecular flexibility index (Phi) is 8.38. The van der Waals surface area contributed by atoms with Crippen LogP contribution in [-0.2, 0) is 11.3 Å². The molecule has 5 heteroatoms. The van der Waals surface area contributed by atoms with Crippen LogP contribution in [0.4, 0.5) is 0 Å². The van der Waals surface area contributed by atoms with Crippen molar-refractivity contribution < 1.29 is 9.47 Å². The molecule has 2 aromatic rings. The topological polar surface area (TPSA) is 54.9 Å². The lowest BCUT2D eigenvalue weighted by Gasteiger charge is -2.32. The average Bonchev–Trinajstić information content (AvgIpc) is 2.77. The molecule has 2 N–H and O–H groups in total. The van der Waals surface area contributed by atoms with Gasteiger partial charge in [-0.05, 0) is 38.3 Å². The normalized spacial score (nSPS) is 19.6. The van der Waals surface area contributed by atoms with Crippen LogP contribution >= 0.6 is 0 Å². The van der Waals surface area contributed by atoms with Gasteiger partial charge >= 0.3 is 0 Å². The van der Waals surface area contributed by atoms with Crippen LogP contribution in [0.2, 0.25) is 0 Å². The quantitative estimate of drug-likeness (QED) is 0.517. The largest absolute Gasteiger partial charge is 0.494 e. The van der Waals surface area contributed by atoms with Gasteiger partial charge in [0.1, 0.15) is 5.75 Å². The lowest BCUT2D eigenvalue weighted by atomic mass is 9.89. The van der Waals surface area contributed by atoms with Gasteiger partial charge in [-0.2, -0.15) is 0 Å². The van der Waals surface area contributed by atoms with Gasteiger partial charge in [0.2, 0.25) is 0 Å². The van der Waals surface area contributed by atoms with Crippen LogP contribution in [0.1, 0.15) is 43.9 Å². The molecule has 0 amide bonds. The van der Waals surface area contributed by atoms with Gasteiger partial charge in [0.05, 0.1) is 19.3 Å². The standard InChI is InChI=1S/C24H33N3O2/c1-3-25-24(26-17-20-13-8-9-15-22(20)28-4-2)27-18-21-14-10-16-29-23(21)19-11-6-5-7-12-19/h5-9,11-13,15,21,23H,3-4,10,14,16-18H2,1-2H3,(H2,25,26,27). The highest BCUT2D eigenvalue weighted by molar-refractivity contribution is 5.79. The monoisotopic (exact) mass is 395 g/mol. The summed E-state index contributed by atoms with van der Waals surface area (Å²) < 4.78 is 11.8. The fourth-order valence-electron chi connectivity index (χ4n) is 3.73. The van der Waals surface area contributed by atoms with Gasteiger partial charge in [0.25, 0.3) is 0 Å². The molecule has 0 radical (unpaired) electrons. The minimum absolute atomic E-state index is 0.138. The van der Waals surface area contributed by atoms with E-state index in [2.05, 4.69) is 54.0 Å². The zero-order chi connectivity index (χ0) is 20.3. The van der Waals surface area contributed by atoms with Crippen molar-refractivity contribution in [2.45, 2.75) is 39.3 Å². The number of nitrogens with one attached hydrogen (secondary N) is 2. The maximum atomic E-state index is 6.12. The van der Waals surface area contributed by atoms with Crippen molar-refractivity contribution in [1.29, 1.82) is 0 Å². The number of benzene rings is 2. The van der Waals surface area contributed by atoms with Crippen molar-refractivity contribution in [3.63, 3.8) is 0 Å². The second-order valence-corrected chi connectivity index (χ2v) is 7.22. The molecule has 2 atom stereocenters. The van der Waals surface area contributed by atoms with Crippen molar-refractivity contribution in [2.75, 3.05) is 26.3 Å². The van der Waals surface area contributed by atoms with Gasteiger partial charge in [-0.1, -0.05) is 48.5 Å². The average molecular weight is 396 g/mol. The van der Waals surface area contributed by atoms with E-state index in [4.69, 9.17) is 14.5 Å². The van der Waals surface area contributed by atoms with Crippen molar-refractivity contribution in [3.05, 3.63) is 65.7 Å². The first-order valence-corrected chi connectivity index (χ1v) is 10.7. The molecule has 1 fully saturated rings. The summed E-state index contributed by atoms with van der Waals surface area (Å²) in [5, 5.41) is 6.89. The van der Waals surface area contributed by atoms with Crippen molar-refractivity contribution in [1.82, 2.24) is 10.6 Å². The van der Waals surface area contributed by atoms with E-state index in [0.29, 0.717) is 19.1 Å². The van der Waals surface area contributed by atoms with E-state index in [0.717, 1.165) is 49.8 Å². The lowest BCUT2D eigenvalue weighted by Crippen LogP contribution is -2.42. The molecule has 0 saturated carbocycles. The summed E-state index contributed by atoms with van der Waals surface area (Å²) in [6.45, 7) is 7.80. The number of ether oxygens (including phenoxy) is 2. The Morgan fingerprint density at radius 1 is 1.07 bits per heavy atom. The molecule has 29 heavy (non-hydrogen) atoms. The zero-order valence-corrected chi connectivity index (χ0v) is 17.6. The minimum Gasteiger partial charge on any atom is -0.494 e. The van der Waals surface area contributed by atoms with Crippen LogP contribution in [0.25, 0.3) is 0 Å². The molecule has 0 bridgehead atoms. The van der Waals surface area contributed by atoms with E-state index >= 15 is 0 Å². The van der Waals surface area contributed by atoms with Crippen LogP contribution < -0.4 is 15.4 Å². The zero-order valence-electron chi connectivity index (χ0n) is 17.6. The SMILES string of the molecule is CCNC(=NCc1ccccc1OCC)NCC1CCCOC1c1ccccc1. The number of aliphatic imine (C=N–C) groups is 1. The van der Waals surface area contributed by atoms with Crippen molar-refractivity contribution >= 4 is 5.96 Å². The first-order chi connectivity index (χ1) is 14.3. The number of rotatable bonds is 8. The highest BCUT2D eigenvalue weighted by Gasteiger charge is 2.27. The molecule has 1 saturated heterocycles. The smallest absolute Gasteiger partial charge is 0.191 e. The molecule has 0 spiro atoms. The first kappa shape index (κ1) is 21.2. The van der Waals surface area contributed by atoms with E-state index in [-0.39, 0.29) is 6.10 Å². The van der Waals surface area contributed by atoms with Gasteiger partial charge in [0, 0.05) is 31.2 Å². The molecule has 156 valence electrons. The Morgan fingerprint density at radius 2 is 1.86 bits per heavy atom. The lowest BCUT2D eigenvalue weighted by molar-refractivity contribution is -0.0265. The minimum atomic E-state index is 0.138. The maximum Gasteiger partial charge on any atom is 0.191 e. The van der Waals surface area contributed by atoms with Crippen molar-refractivity contribution in [2.24, 2.45) is 10.9 Å². The van der Waals surface area contributed by atoms with Crippen LogP contribution in [0.3, 0.4) is 0 Å². The molecule has 2 unspecified atom stereocenters. The summed E-state index contributed by atoms with van der Waals surface area (Å²) in [5.41, 5.74) is 2.35. The fraction of sp³-hybridized carbons (Fsp3) is 0.458. The Balaban J connectivity index is 1.64. The van der Waals surface area contributed by atoms with E-state index in [1.54, 1.807) is 0 Å². The van der Waals surface area contributed by atoms with Crippen molar-refractivity contribution in [3.8, 4) is 5.75 Å². The third-order valence-electron chi connectivity index (χ3n) is 5.13. The second kappa shape index (κ2) is 11.5. The Hall–Kier alpha value is -2.53. The number of para-hydroxylation sites is 1. The number of guanidine groups is 1. The summed E-state index contributed by atoms with van der Waals surface area (Å²) in [6.07, 6.45) is 2.39. The Bertz CT molecular complexity index is 764. The number of hydrogen-bond acceptors (Lipinski definition) is 3. The molecule has 1 aliphatic rings. The van der Waals surface area contributed by atoms with E-state index < -0.39 is 0 Å². The molecule has 1 aliphatic heterocycles. The third-order valence-corrected chi connectivity index (χ3v) is 5.13. The van der Waals surface area contributed by atoms with E-state index in [1.807, 2.05) is 25.1 Å². The van der Waals surface area contributed by atoms with Gasteiger partial charge in [-0.15, -0.1) is 0 Å². The molecular weight excluding hydrogens is 362 g/mol. The van der Waals surface area contributed by atoms with Gasteiger partial charge in [-0.25, -0.2) is 4.99 Å². The Labute approximate surface area is 174 Å². The van der Waals surface area contributed by atoms with Gasteiger partial charge in [0.15, 0.2) is 5.96 Å². The van der Waals surface area contributed by atoms with Crippen LogP contribution in [-0.4, -0.2) is 32.3 Å². The highest BCUT2D eigenvalue weighted by atomic mass is 16.5. The third kappa shape index (κ3) is 6.23. The maximum absolute atomic E-state index is 6.12. The fourth-order valence-corrected chi connectivity index (χ4v) is 3.73. The van der Waals surface area contributed by atoms with Crippen LogP contribution in [0, 0.1) is 5.92 Å². The molecule has 0 aliphatic carbocycles. The predicted molar refractivity (Wildman–Crippen MR) is 118 cm³/mol. The highest BCUT2D eigenvalue weighted by Crippen LogP contribution is 2.33. The summed E-state index contributed by atoms with van der Waals surface area (Å²) >= 11 is 0. The number of nitrogens with zero attached hydrogens (tertiary/aromatic N) is 1. The summed E-state index contributed by atoms with van der Waals surface area (Å²) in [7, 11) is 0. The summed E-state index contributed by atoms with van der Waals surface area (Å²) in [6, 6.07) is 18.6. The number of hydrogen-bond donors (Lipinski definition) is 2. The first-order valence-electron chi connectivity index (χ1n) is 10.7. The molecule has 5 nitrogen and oxygen atoms in total. The van der Waals surface area contributed by atoms with Gasteiger partial charge in [-0.3, -0.25) is 0 Å². The molecular formula is C24H33N3O2. The summed E-state index contributed by atoms with van der Waals surface area (Å²) in [4.78, 5) is 4.78. The summed E-state index contributed by atoms with van der Waals surface area (Å²) in [5.74, 6) is 2.15. The van der Waals surface area contributed by atoms with E-state index in [9.17, 15) is 0 Å². The molecule has 0 aromatic heterocycles. The van der Waals surface area contributed by atoms with E-state index in [1.165, 1.54) is 5.56 Å². The molecule has 2 aromatic carbocycles. The molecule has 3 rings (SSSR count). The second-order valence-electron chi connectivity index (χ2n) is 7.22. The van der Waals surface area contributed by atoms with Crippen LogP contribution in [0.15, 0.2) is 59.6 Å². The van der Waals surface area contributed by atoms with Gasteiger partial charge < -0.3 is 20.1 Å². The predicted octanol–water partition coefficient (Wildman–Crippen LogP) is 4.31. The Morgan fingerprint density at radius 3 is 2.66 bits per heavy atom. The molecule has 1 heterocycles.